The van der Waals surface area contributed by atoms with Gasteiger partial charge in [-0.3, -0.25) is 0 Å². The minimum atomic E-state index is -0.594. The zero-order chi connectivity index (χ0) is 41.7. The summed E-state index contributed by atoms with van der Waals surface area (Å²) in [6.07, 6.45) is 0. The molecule has 0 saturated heterocycles. The monoisotopic (exact) mass is 803 g/mol. The van der Waals surface area contributed by atoms with Crippen LogP contribution in [0.25, 0.3) is 55.6 Å². The fraction of sp³-hybridized carbons (Fsp3) is 0.0164. The van der Waals surface area contributed by atoms with E-state index in [9.17, 15) is 0 Å². The van der Waals surface area contributed by atoms with Crippen molar-refractivity contribution in [2.24, 2.45) is 0 Å². The lowest BCUT2D eigenvalue weighted by Crippen LogP contribution is -2.32. The summed E-state index contributed by atoms with van der Waals surface area (Å²) in [5, 5.41) is 0. The second kappa shape index (κ2) is 15.1. The quantitative estimate of drug-likeness (QED) is 0.159. The lowest BCUT2D eigenvalue weighted by Gasteiger charge is -2.39. The van der Waals surface area contributed by atoms with Gasteiger partial charge >= 0.3 is 0 Å². The van der Waals surface area contributed by atoms with Crippen molar-refractivity contribution in [2.45, 2.75) is 5.41 Å². The number of anilines is 3. The molecule has 0 fully saturated rings. The van der Waals surface area contributed by atoms with Crippen LogP contribution >= 0.6 is 0 Å². The van der Waals surface area contributed by atoms with Crippen molar-refractivity contribution in [1.82, 2.24) is 0 Å². The standard InChI is InChI=1S/C61H41NO/c1-3-20-42(21-4-1)43-38-40-45(41-39-43)62(56-34-16-12-28-50(56)49-27-10-9-26-48(49)47-25-8-7-24-46(47)44-22-5-2-6-23-44)57-35-19-33-55-60(57)51-29-11-13-30-52(51)61(55)53-31-14-17-36-58(53)63-59-37-18-15-32-54(59)61/h1-41H. The van der Waals surface area contributed by atoms with Gasteiger partial charge < -0.3 is 9.64 Å². The van der Waals surface area contributed by atoms with Crippen LogP contribution in [0.3, 0.4) is 0 Å². The lowest BCUT2D eigenvalue weighted by molar-refractivity contribution is 0.436. The van der Waals surface area contributed by atoms with Gasteiger partial charge in [-0.2, -0.15) is 0 Å². The Balaban J connectivity index is 1.13. The number of nitrogens with zero attached hydrogens (tertiary/aromatic N) is 1. The van der Waals surface area contributed by atoms with E-state index in [1.807, 2.05) is 0 Å². The molecule has 2 nitrogen and oxygen atoms in total. The summed E-state index contributed by atoms with van der Waals surface area (Å²) in [6.45, 7) is 0. The molecule has 10 aromatic rings. The summed E-state index contributed by atoms with van der Waals surface area (Å²) in [7, 11) is 0. The highest BCUT2D eigenvalue weighted by atomic mass is 16.5. The molecule has 1 heterocycles. The third-order valence-electron chi connectivity index (χ3n) is 13.0. The van der Waals surface area contributed by atoms with E-state index in [0.717, 1.165) is 45.3 Å². The molecular formula is C61H41NO. The summed E-state index contributed by atoms with van der Waals surface area (Å²) in [6, 6.07) is 90.1. The van der Waals surface area contributed by atoms with Crippen molar-refractivity contribution in [3.05, 3.63) is 271 Å². The van der Waals surface area contributed by atoms with E-state index in [4.69, 9.17) is 4.74 Å². The van der Waals surface area contributed by atoms with Gasteiger partial charge in [0.05, 0.1) is 16.8 Å². The third-order valence-corrected chi connectivity index (χ3v) is 13.0. The summed E-state index contributed by atoms with van der Waals surface area (Å²) >= 11 is 0. The van der Waals surface area contributed by atoms with Crippen LogP contribution in [-0.2, 0) is 5.41 Å². The van der Waals surface area contributed by atoms with Gasteiger partial charge in [-0.05, 0) is 92.0 Å². The van der Waals surface area contributed by atoms with Gasteiger partial charge in [0, 0.05) is 27.9 Å². The Kier molecular flexibility index (Phi) is 8.76. The van der Waals surface area contributed by atoms with E-state index in [-0.39, 0.29) is 0 Å². The zero-order valence-electron chi connectivity index (χ0n) is 34.5. The minimum Gasteiger partial charge on any atom is -0.457 e. The van der Waals surface area contributed by atoms with Crippen molar-refractivity contribution in [2.75, 3.05) is 4.90 Å². The van der Waals surface area contributed by atoms with E-state index < -0.39 is 5.41 Å². The summed E-state index contributed by atoms with van der Waals surface area (Å²) < 4.78 is 6.70. The summed E-state index contributed by atoms with van der Waals surface area (Å²) in [5.74, 6) is 1.77. The number of ether oxygens (including phenoxy) is 1. The topological polar surface area (TPSA) is 12.5 Å². The number of para-hydroxylation sites is 3. The minimum absolute atomic E-state index is 0.594. The molecule has 2 heteroatoms. The Bertz CT molecular complexity index is 3270. The van der Waals surface area contributed by atoms with Crippen LogP contribution in [-0.4, -0.2) is 0 Å². The van der Waals surface area contributed by atoms with E-state index in [1.54, 1.807) is 0 Å². The lowest BCUT2D eigenvalue weighted by atomic mass is 9.66. The number of hydrogen-bond acceptors (Lipinski definition) is 2. The SMILES string of the molecule is c1ccc(-c2ccc(N(c3ccccc3-c3ccccc3-c3ccccc3-c3ccccc3)c3cccc4c3-c3ccccc3C43c4ccccc4Oc4ccccc43)cc2)cc1. The Morgan fingerprint density at radius 2 is 0.698 bits per heavy atom. The molecule has 1 aliphatic heterocycles. The van der Waals surface area contributed by atoms with Gasteiger partial charge in [-0.25, -0.2) is 0 Å². The molecule has 296 valence electrons. The Hall–Kier alpha value is -8.20. The number of hydrogen-bond donors (Lipinski definition) is 0. The average molecular weight is 804 g/mol. The smallest absolute Gasteiger partial charge is 0.132 e. The molecule has 0 unspecified atom stereocenters. The molecule has 2 aliphatic rings. The Morgan fingerprint density at radius 1 is 0.270 bits per heavy atom. The van der Waals surface area contributed by atoms with E-state index in [1.165, 1.54) is 61.2 Å². The number of benzene rings is 10. The normalized spacial score (nSPS) is 12.7. The fourth-order valence-corrected chi connectivity index (χ4v) is 10.3. The average Bonchev–Trinajstić information content (AvgIpc) is 3.66. The molecule has 1 spiro atoms. The van der Waals surface area contributed by atoms with Gasteiger partial charge in [0.25, 0.3) is 0 Å². The molecule has 12 rings (SSSR count). The zero-order valence-corrected chi connectivity index (χ0v) is 34.5. The second-order valence-corrected chi connectivity index (χ2v) is 16.3. The first-order valence-electron chi connectivity index (χ1n) is 21.7. The maximum atomic E-state index is 6.70. The third kappa shape index (κ3) is 5.80. The van der Waals surface area contributed by atoms with Crippen molar-refractivity contribution >= 4 is 17.1 Å². The molecule has 0 atom stereocenters. The van der Waals surface area contributed by atoms with E-state index in [2.05, 4.69) is 254 Å². The largest absolute Gasteiger partial charge is 0.457 e. The Morgan fingerprint density at radius 3 is 1.35 bits per heavy atom. The highest BCUT2D eigenvalue weighted by Crippen LogP contribution is 2.64. The highest BCUT2D eigenvalue weighted by molar-refractivity contribution is 6.02. The number of rotatable bonds is 7. The van der Waals surface area contributed by atoms with E-state index >= 15 is 0 Å². The maximum Gasteiger partial charge on any atom is 0.132 e. The first kappa shape index (κ1) is 36.6. The molecular weight excluding hydrogens is 763 g/mol. The second-order valence-electron chi connectivity index (χ2n) is 16.3. The molecule has 10 aromatic carbocycles. The van der Waals surface area contributed by atoms with Crippen LogP contribution in [0.5, 0.6) is 11.5 Å². The molecule has 1 aliphatic carbocycles. The van der Waals surface area contributed by atoms with Gasteiger partial charge in [0.2, 0.25) is 0 Å². The van der Waals surface area contributed by atoms with Crippen LogP contribution in [0.4, 0.5) is 17.1 Å². The van der Waals surface area contributed by atoms with E-state index in [0.29, 0.717) is 0 Å². The van der Waals surface area contributed by atoms with Crippen LogP contribution in [0.15, 0.2) is 249 Å². The fourth-order valence-electron chi connectivity index (χ4n) is 10.3. The molecule has 0 saturated carbocycles. The number of fused-ring (bicyclic) bond motifs is 9. The van der Waals surface area contributed by atoms with Crippen molar-refractivity contribution < 1.29 is 4.74 Å². The molecule has 0 N–H and O–H groups in total. The van der Waals surface area contributed by atoms with Gasteiger partial charge in [-0.15, -0.1) is 0 Å². The van der Waals surface area contributed by atoms with Crippen molar-refractivity contribution in [3.63, 3.8) is 0 Å². The Labute approximate surface area is 368 Å². The van der Waals surface area contributed by atoms with Crippen LogP contribution in [0, 0.1) is 0 Å². The molecule has 0 bridgehead atoms. The first-order valence-corrected chi connectivity index (χ1v) is 21.7. The molecule has 0 radical (unpaired) electrons. The van der Waals surface area contributed by atoms with Crippen LogP contribution in [0.1, 0.15) is 22.3 Å². The summed E-state index contributed by atoms with van der Waals surface area (Å²) in [5.41, 5.74) is 19.4. The van der Waals surface area contributed by atoms with Gasteiger partial charge in [0.15, 0.2) is 0 Å². The molecule has 63 heavy (non-hydrogen) atoms. The summed E-state index contributed by atoms with van der Waals surface area (Å²) in [4.78, 5) is 2.50. The maximum absolute atomic E-state index is 6.70. The van der Waals surface area contributed by atoms with Crippen LogP contribution < -0.4 is 9.64 Å². The van der Waals surface area contributed by atoms with Crippen molar-refractivity contribution in [3.8, 4) is 67.1 Å². The highest BCUT2D eigenvalue weighted by Gasteiger charge is 2.52. The first-order chi connectivity index (χ1) is 31.3. The van der Waals surface area contributed by atoms with Gasteiger partial charge in [0.1, 0.15) is 11.5 Å². The van der Waals surface area contributed by atoms with Crippen molar-refractivity contribution in [1.29, 1.82) is 0 Å². The van der Waals surface area contributed by atoms with Crippen LogP contribution in [0.2, 0.25) is 0 Å². The predicted molar refractivity (Wildman–Crippen MR) is 260 cm³/mol. The molecule has 0 amide bonds. The predicted octanol–water partition coefficient (Wildman–Crippen LogP) is 16.3. The molecule has 0 aromatic heterocycles. The van der Waals surface area contributed by atoms with Gasteiger partial charge in [-0.1, -0.05) is 212 Å².